The molecule has 1 aliphatic heterocycles. The van der Waals surface area contributed by atoms with Gasteiger partial charge in [0.25, 0.3) is 5.91 Å². The Morgan fingerprint density at radius 3 is 2.63 bits per heavy atom. The Morgan fingerprint density at radius 1 is 1.17 bits per heavy atom. The maximum absolute atomic E-state index is 13.4. The number of ether oxygens (including phenoxy) is 2. The third kappa shape index (κ3) is 3.57. The first kappa shape index (κ1) is 19.8. The summed E-state index contributed by atoms with van der Waals surface area (Å²) >= 11 is 5.95. The summed E-state index contributed by atoms with van der Waals surface area (Å²) < 4.78 is 12.6. The fourth-order valence-corrected chi connectivity index (χ4v) is 3.58. The van der Waals surface area contributed by atoms with Crippen LogP contribution in [0.5, 0.6) is 11.5 Å². The molecule has 1 amide bonds. The third-order valence-electron chi connectivity index (χ3n) is 4.87. The molecule has 4 rings (SSSR count). The fourth-order valence-electron chi connectivity index (χ4n) is 3.46. The number of aromatic nitrogens is 3. The highest BCUT2D eigenvalue weighted by molar-refractivity contribution is 6.30. The molecule has 2 heterocycles. The number of rotatable bonds is 5. The number of fused-ring (bicyclic) bond motifs is 1. The van der Waals surface area contributed by atoms with Gasteiger partial charge in [0, 0.05) is 22.0 Å². The first-order valence-electron chi connectivity index (χ1n) is 9.18. The Balaban J connectivity index is 1.82. The molecular formula is C21H20ClN5O3. The molecule has 0 fully saturated rings. The molecule has 8 nitrogen and oxygen atoms in total. The number of anilines is 2. The summed E-state index contributed by atoms with van der Waals surface area (Å²) in [4.78, 5) is 17.6. The van der Waals surface area contributed by atoms with Crippen molar-refractivity contribution in [2.24, 2.45) is 0 Å². The average Bonchev–Trinajstić information content (AvgIpc) is 3.21. The zero-order valence-electron chi connectivity index (χ0n) is 16.6. The SMILES string of the molecule is COc1ccc(OC)c([C@@H]2C(C(=O)Nc3ccc(Cl)cc3)=C(C)Nc3ncnn32)c1. The van der Waals surface area contributed by atoms with Gasteiger partial charge < -0.3 is 20.1 Å². The second-order valence-corrected chi connectivity index (χ2v) is 7.10. The molecule has 2 aromatic carbocycles. The lowest BCUT2D eigenvalue weighted by atomic mass is 9.94. The predicted octanol–water partition coefficient (Wildman–Crippen LogP) is 3.88. The van der Waals surface area contributed by atoms with Crippen LogP contribution in [-0.4, -0.2) is 34.9 Å². The molecule has 3 aromatic rings. The molecule has 2 N–H and O–H groups in total. The summed E-state index contributed by atoms with van der Waals surface area (Å²) in [5.41, 5.74) is 2.50. The molecule has 0 saturated carbocycles. The van der Waals surface area contributed by atoms with Crippen LogP contribution in [0.2, 0.25) is 5.02 Å². The molecule has 1 aromatic heterocycles. The Labute approximate surface area is 178 Å². The van der Waals surface area contributed by atoms with Crippen LogP contribution in [0, 0.1) is 0 Å². The van der Waals surface area contributed by atoms with E-state index < -0.39 is 6.04 Å². The number of benzene rings is 2. The Morgan fingerprint density at radius 2 is 1.93 bits per heavy atom. The van der Waals surface area contributed by atoms with Gasteiger partial charge in [0.05, 0.1) is 19.8 Å². The number of allylic oxidation sites excluding steroid dienone is 1. The predicted molar refractivity (Wildman–Crippen MR) is 114 cm³/mol. The smallest absolute Gasteiger partial charge is 0.255 e. The summed E-state index contributed by atoms with van der Waals surface area (Å²) in [5, 5.41) is 11.0. The summed E-state index contributed by atoms with van der Waals surface area (Å²) in [7, 11) is 3.17. The van der Waals surface area contributed by atoms with Crippen molar-refractivity contribution in [3.05, 3.63) is 70.6 Å². The van der Waals surface area contributed by atoms with E-state index in [4.69, 9.17) is 21.1 Å². The van der Waals surface area contributed by atoms with Crippen molar-refractivity contribution in [3.8, 4) is 11.5 Å². The van der Waals surface area contributed by atoms with Gasteiger partial charge in [0.15, 0.2) is 0 Å². The number of hydrogen-bond donors (Lipinski definition) is 2. The van der Waals surface area contributed by atoms with Gasteiger partial charge in [-0.3, -0.25) is 4.79 Å². The van der Waals surface area contributed by atoms with E-state index in [1.807, 2.05) is 13.0 Å². The summed E-state index contributed by atoms with van der Waals surface area (Å²) in [6, 6.07) is 11.8. The normalized spacial score (nSPS) is 15.3. The number of nitrogens with one attached hydrogen (secondary N) is 2. The lowest BCUT2D eigenvalue weighted by molar-refractivity contribution is -0.113. The van der Waals surface area contributed by atoms with Gasteiger partial charge in [-0.15, -0.1) is 0 Å². The van der Waals surface area contributed by atoms with E-state index in [1.54, 1.807) is 55.3 Å². The monoisotopic (exact) mass is 425 g/mol. The third-order valence-corrected chi connectivity index (χ3v) is 5.12. The Bertz CT molecular complexity index is 1120. The molecule has 0 aliphatic carbocycles. The lowest BCUT2D eigenvalue weighted by Gasteiger charge is -2.29. The number of amides is 1. The van der Waals surface area contributed by atoms with Crippen molar-refractivity contribution in [3.63, 3.8) is 0 Å². The number of methoxy groups -OCH3 is 2. The first-order valence-corrected chi connectivity index (χ1v) is 9.55. The number of carbonyl (C=O) groups is 1. The molecule has 0 bridgehead atoms. The van der Waals surface area contributed by atoms with Gasteiger partial charge in [0.2, 0.25) is 5.95 Å². The molecule has 30 heavy (non-hydrogen) atoms. The highest BCUT2D eigenvalue weighted by atomic mass is 35.5. The van der Waals surface area contributed by atoms with Crippen LogP contribution >= 0.6 is 11.6 Å². The highest BCUT2D eigenvalue weighted by Gasteiger charge is 2.35. The van der Waals surface area contributed by atoms with Crippen molar-refractivity contribution in [2.75, 3.05) is 24.9 Å². The van der Waals surface area contributed by atoms with Crippen LogP contribution in [-0.2, 0) is 4.79 Å². The number of hydrogen-bond acceptors (Lipinski definition) is 6. The van der Waals surface area contributed by atoms with E-state index in [0.717, 1.165) is 5.56 Å². The van der Waals surface area contributed by atoms with Crippen LogP contribution in [0.4, 0.5) is 11.6 Å². The zero-order chi connectivity index (χ0) is 21.3. The number of nitrogens with zero attached hydrogens (tertiary/aromatic N) is 3. The van der Waals surface area contributed by atoms with Crippen LogP contribution in [0.1, 0.15) is 18.5 Å². The molecule has 0 radical (unpaired) electrons. The van der Waals surface area contributed by atoms with Crippen molar-refractivity contribution in [1.82, 2.24) is 14.8 Å². The molecule has 9 heteroatoms. The minimum atomic E-state index is -0.568. The van der Waals surface area contributed by atoms with Gasteiger partial charge in [-0.2, -0.15) is 10.1 Å². The molecule has 0 unspecified atom stereocenters. The summed E-state index contributed by atoms with van der Waals surface area (Å²) in [5.74, 6) is 1.50. The van der Waals surface area contributed by atoms with Crippen LogP contribution in [0.15, 0.2) is 60.1 Å². The van der Waals surface area contributed by atoms with Gasteiger partial charge in [-0.25, -0.2) is 4.68 Å². The van der Waals surface area contributed by atoms with Crippen molar-refractivity contribution >= 4 is 29.1 Å². The van der Waals surface area contributed by atoms with Crippen LogP contribution in [0.3, 0.4) is 0 Å². The lowest BCUT2D eigenvalue weighted by Crippen LogP contribution is -2.31. The summed E-state index contributed by atoms with van der Waals surface area (Å²) in [6.45, 7) is 1.83. The molecule has 154 valence electrons. The standard InChI is InChI=1S/C21H20ClN5O3/c1-12-18(20(28)26-14-6-4-13(22)5-7-14)19(27-21(25-12)23-11-24-27)16-10-15(29-2)8-9-17(16)30-3/h4-11,19H,1-3H3,(H,26,28)(H,23,24,25)/t19-/m1/s1. The van der Waals surface area contributed by atoms with Gasteiger partial charge in [0.1, 0.15) is 23.9 Å². The largest absolute Gasteiger partial charge is 0.497 e. The number of halogens is 1. The average molecular weight is 426 g/mol. The van der Waals surface area contributed by atoms with E-state index in [0.29, 0.717) is 39.4 Å². The molecule has 1 aliphatic rings. The molecule has 1 atom stereocenters. The van der Waals surface area contributed by atoms with Gasteiger partial charge in [-0.05, 0) is 49.4 Å². The topological polar surface area (TPSA) is 90.3 Å². The molecular weight excluding hydrogens is 406 g/mol. The Kier molecular flexibility index (Phi) is 5.33. The quantitative estimate of drug-likeness (QED) is 0.644. The van der Waals surface area contributed by atoms with Crippen molar-refractivity contribution in [2.45, 2.75) is 13.0 Å². The van der Waals surface area contributed by atoms with Crippen molar-refractivity contribution in [1.29, 1.82) is 0 Å². The molecule has 0 spiro atoms. The fraction of sp³-hybridized carbons (Fsp3) is 0.190. The van der Waals surface area contributed by atoms with E-state index in [2.05, 4.69) is 20.7 Å². The highest BCUT2D eigenvalue weighted by Crippen LogP contribution is 2.40. The Hall–Kier alpha value is -3.52. The van der Waals surface area contributed by atoms with Crippen molar-refractivity contribution < 1.29 is 14.3 Å². The van der Waals surface area contributed by atoms with E-state index in [9.17, 15) is 4.79 Å². The van der Waals surface area contributed by atoms with Crippen LogP contribution < -0.4 is 20.1 Å². The number of carbonyl (C=O) groups excluding carboxylic acids is 1. The van der Waals surface area contributed by atoms with E-state index in [1.165, 1.54) is 6.33 Å². The summed E-state index contributed by atoms with van der Waals surface area (Å²) in [6.07, 6.45) is 1.44. The van der Waals surface area contributed by atoms with E-state index in [-0.39, 0.29) is 5.91 Å². The van der Waals surface area contributed by atoms with Gasteiger partial charge in [-0.1, -0.05) is 11.6 Å². The maximum atomic E-state index is 13.4. The van der Waals surface area contributed by atoms with Gasteiger partial charge >= 0.3 is 0 Å². The maximum Gasteiger partial charge on any atom is 0.255 e. The second kappa shape index (κ2) is 8.08. The molecule has 0 saturated heterocycles. The first-order chi connectivity index (χ1) is 14.5. The second-order valence-electron chi connectivity index (χ2n) is 6.66. The zero-order valence-corrected chi connectivity index (χ0v) is 17.4. The minimum Gasteiger partial charge on any atom is -0.497 e. The minimum absolute atomic E-state index is 0.279. The van der Waals surface area contributed by atoms with E-state index >= 15 is 0 Å². The van der Waals surface area contributed by atoms with Crippen LogP contribution in [0.25, 0.3) is 0 Å².